The Hall–Kier alpha value is -6.58. The Morgan fingerprint density at radius 2 is 1.09 bits per heavy atom. The van der Waals surface area contributed by atoms with Crippen LogP contribution in [0.4, 0.5) is 34.1 Å². The third-order valence-corrected chi connectivity index (χ3v) is 12.4. The molecule has 0 radical (unpaired) electrons. The molecule has 0 aromatic heterocycles. The minimum Gasteiger partial charge on any atom is -0.453 e. The van der Waals surface area contributed by atoms with E-state index in [1.807, 2.05) is 0 Å². The van der Waals surface area contributed by atoms with E-state index in [1.165, 1.54) is 61.0 Å². The summed E-state index contributed by atoms with van der Waals surface area (Å²) in [5.74, 6) is 1.71. The van der Waals surface area contributed by atoms with Gasteiger partial charge in [0.1, 0.15) is 0 Å². The Morgan fingerprint density at radius 3 is 1.96 bits per heavy atom. The summed E-state index contributed by atoms with van der Waals surface area (Å²) in [6.45, 7) is 9.39. The van der Waals surface area contributed by atoms with Crippen molar-refractivity contribution < 1.29 is 4.74 Å². The van der Waals surface area contributed by atoms with Gasteiger partial charge in [-0.25, -0.2) is 0 Å². The molecule has 2 aliphatic heterocycles. The topological polar surface area (TPSA) is 15.7 Å². The lowest BCUT2D eigenvalue weighted by Crippen LogP contribution is -2.33. The van der Waals surface area contributed by atoms with Crippen LogP contribution in [0, 0.1) is 0 Å². The summed E-state index contributed by atoms with van der Waals surface area (Å²) < 4.78 is 6.96. The van der Waals surface area contributed by atoms with Gasteiger partial charge < -0.3 is 14.5 Å². The third kappa shape index (κ3) is 4.56. The van der Waals surface area contributed by atoms with Crippen LogP contribution in [-0.2, 0) is 10.8 Å². The average Bonchev–Trinajstić information content (AvgIpc) is 3.44. The van der Waals surface area contributed by atoms with Gasteiger partial charge in [0.15, 0.2) is 11.5 Å². The average molecular weight is 709 g/mol. The second-order valence-electron chi connectivity index (χ2n) is 16.2. The fourth-order valence-corrected chi connectivity index (χ4v) is 9.71. The van der Waals surface area contributed by atoms with Gasteiger partial charge in [0.05, 0.1) is 17.1 Å². The van der Waals surface area contributed by atoms with Crippen molar-refractivity contribution >= 4 is 44.9 Å². The number of para-hydroxylation sites is 1. The maximum atomic E-state index is 6.96. The molecule has 0 N–H and O–H groups in total. The van der Waals surface area contributed by atoms with Crippen molar-refractivity contribution in [1.82, 2.24) is 0 Å². The lowest BCUT2D eigenvalue weighted by atomic mass is 9.70. The molecule has 0 bridgehead atoms. The van der Waals surface area contributed by atoms with Crippen LogP contribution in [-0.4, -0.2) is 0 Å². The highest BCUT2D eigenvalue weighted by molar-refractivity contribution is 5.97. The van der Waals surface area contributed by atoms with Crippen LogP contribution >= 0.6 is 0 Å². The number of rotatable bonds is 4. The number of ether oxygens (including phenoxy) is 1. The summed E-state index contributed by atoms with van der Waals surface area (Å²) >= 11 is 0. The monoisotopic (exact) mass is 708 g/mol. The van der Waals surface area contributed by atoms with Crippen LogP contribution in [0.2, 0.25) is 0 Å². The van der Waals surface area contributed by atoms with E-state index < -0.39 is 0 Å². The first-order valence-electron chi connectivity index (χ1n) is 19.3. The van der Waals surface area contributed by atoms with Crippen LogP contribution in [0.15, 0.2) is 170 Å². The predicted octanol–water partition coefficient (Wildman–Crippen LogP) is 14.5. The van der Waals surface area contributed by atoms with Gasteiger partial charge in [-0.05, 0) is 104 Å². The number of fused-ring (bicyclic) bond motifs is 8. The summed E-state index contributed by atoms with van der Waals surface area (Å²) in [6.07, 6.45) is 0. The molecule has 11 rings (SSSR count). The van der Waals surface area contributed by atoms with Crippen LogP contribution in [0.1, 0.15) is 49.9 Å². The van der Waals surface area contributed by atoms with Crippen molar-refractivity contribution in [3.05, 3.63) is 192 Å². The highest BCUT2D eigenvalue weighted by Crippen LogP contribution is 2.62. The van der Waals surface area contributed by atoms with Crippen molar-refractivity contribution in [2.45, 2.75) is 38.5 Å². The lowest BCUT2D eigenvalue weighted by Gasteiger charge is -2.45. The normalized spacial score (nSPS) is 14.9. The number of anilines is 6. The van der Waals surface area contributed by atoms with E-state index in [1.54, 1.807) is 0 Å². The van der Waals surface area contributed by atoms with Crippen LogP contribution in [0.3, 0.4) is 0 Å². The molecule has 3 nitrogen and oxygen atoms in total. The Bertz CT molecular complexity index is 2870. The molecule has 55 heavy (non-hydrogen) atoms. The van der Waals surface area contributed by atoms with Crippen molar-refractivity contribution in [2.24, 2.45) is 0 Å². The molecule has 0 unspecified atom stereocenters. The zero-order valence-electron chi connectivity index (χ0n) is 31.5. The van der Waals surface area contributed by atoms with Gasteiger partial charge >= 0.3 is 0 Å². The van der Waals surface area contributed by atoms with Crippen molar-refractivity contribution in [3.8, 4) is 33.8 Å². The van der Waals surface area contributed by atoms with Gasteiger partial charge in [0, 0.05) is 34.0 Å². The number of nitrogens with zero attached hydrogens (tertiary/aromatic N) is 2. The second-order valence-corrected chi connectivity index (χ2v) is 16.2. The van der Waals surface area contributed by atoms with E-state index in [2.05, 4.69) is 207 Å². The largest absolute Gasteiger partial charge is 0.453 e. The number of hydrogen-bond donors (Lipinski definition) is 0. The summed E-state index contributed by atoms with van der Waals surface area (Å²) in [5.41, 5.74) is 16.7. The Balaban J connectivity index is 1.11. The molecule has 0 atom stereocenters. The van der Waals surface area contributed by atoms with Gasteiger partial charge in [0.25, 0.3) is 0 Å². The zero-order chi connectivity index (χ0) is 37.1. The van der Waals surface area contributed by atoms with E-state index in [-0.39, 0.29) is 10.8 Å². The fraction of sp³-hybridized carbons (Fsp3) is 0.115. The molecule has 264 valence electrons. The van der Waals surface area contributed by atoms with Gasteiger partial charge in [-0.15, -0.1) is 0 Å². The second kappa shape index (κ2) is 11.5. The highest BCUT2D eigenvalue weighted by atomic mass is 16.5. The molecule has 2 heterocycles. The standard InChI is InChI=1S/C52H40N2O/c1-51(2)42-20-11-10-18-40(42)41-28-26-37(31-44(41)51)53(36-25-24-33-14-8-9-17-35(33)30-36)38-27-29-45-48(32-38)55-47-23-13-21-43-50(47)54(45)46-22-12-19-39(49(46)52(43,3)4)34-15-6-5-7-16-34/h5-32H,1-4H3. The molecule has 0 saturated carbocycles. The van der Waals surface area contributed by atoms with Crippen molar-refractivity contribution in [2.75, 3.05) is 9.80 Å². The minimum absolute atomic E-state index is 0.120. The fourth-order valence-electron chi connectivity index (χ4n) is 9.71. The van der Waals surface area contributed by atoms with Crippen LogP contribution in [0.5, 0.6) is 11.5 Å². The molecule has 8 aromatic rings. The van der Waals surface area contributed by atoms with Gasteiger partial charge in [-0.2, -0.15) is 0 Å². The molecule has 0 amide bonds. The minimum atomic E-state index is -0.252. The zero-order valence-corrected chi connectivity index (χ0v) is 31.5. The van der Waals surface area contributed by atoms with E-state index in [0.29, 0.717) is 0 Å². The molecular formula is C52H40N2O. The Morgan fingerprint density at radius 1 is 0.436 bits per heavy atom. The van der Waals surface area contributed by atoms with E-state index in [0.717, 1.165) is 39.9 Å². The molecule has 3 heteroatoms. The van der Waals surface area contributed by atoms with Crippen LogP contribution < -0.4 is 14.5 Å². The maximum Gasteiger partial charge on any atom is 0.153 e. The first-order chi connectivity index (χ1) is 26.8. The summed E-state index contributed by atoms with van der Waals surface area (Å²) in [5, 5.41) is 2.43. The summed E-state index contributed by atoms with van der Waals surface area (Å²) in [6, 6.07) is 62.0. The smallest absolute Gasteiger partial charge is 0.153 e. The van der Waals surface area contributed by atoms with Crippen molar-refractivity contribution in [1.29, 1.82) is 0 Å². The third-order valence-electron chi connectivity index (χ3n) is 12.4. The molecule has 0 spiro atoms. The van der Waals surface area contributed by atoms with Gasteiger partial charge in [-0.3, -0.25) is 0 Å². The maximum absolute atomic E-state index is 6.96. The molecule has 1 aliphatic carbocycles. The Labute approximate surface area is 322 Å². The van der Waals surface area contributed by atoms with E-state index >= 15 is 0 Å². The van der Waals surface area contributed by atoms with Crippen molar-refractivity contribution in [3.63, 3.8) is 0 Å². The number of hydrogen-bond acceptors (Lipinski definition) is 3. The van der Waals surface area contributed by atoms with Crippen LogP contribution in [0.25, 0.3) is 33.0 Å². The summed E-state index contributed by atoms with van der Waals surface area (Å²) in [7, 11) is 0. The first-order valence-corrected chi connectivity index (χ1v) is 19.3. The molecule has 0 saturated heterocycles. The van der Waals surface area contributed by atoms with E-state index in [4.69, 9.17) is 4.74 Å². The predicted molar refractivity (Wildman–Crippen MR) is 229 cm³/mol. The summed E-state index contributed by atoms with van der Waals surface area (Å²) in [4.78, 5) is 4.83. The highest BCUT2D eigenvalue weighted by Gasteiger charge is 2.43. The SMILES string of the molecule is CC1(C)c2ccccc2-c2ccc(N(c3ccc4c(c3)Oc3cccc5c3N4c3cccc(-c4ccccc4)c3C5(C)C)c3ccc4ccccc4c3)cc21. The quantitative estimate of drug-likeness (QED) is 0.181. The lowest BCUT2D eigenvalue weighted by molar-refractivity contribution is 0.471. The van der Waals surface area contributed by atoms with Gasteiger partial charge in [-0.1, -0.05) is 143 Å². The molecular weight excluding hydrogens is 669 g/mol. The van der Waals surface area contributed by atoms with Gasteiger partial charge in [0.2, 0.25) is 0 Å². The van der Waals surface area contributed by atoms with E-state index in [9.17, 15) is 0 Å². The Kier molecular flexibility index (Phi) is 6.65. The number of benzene rings is 8. The molecule has 0 fully saturated rings. The first kappa shape index (κ1) is 31.9. The molecule has 8 aromatic carbocycles. The molecule has 3 aliphatic rings.